The number of aliphatic carboxylic acids is 1. The zero-order valence-electron chi connectivity index (χ0n) is 19.4. The van der Waals surface area contributed by atoms with Crippen LogP contribution in [-0.4, -0.2) is 54.5 Å². The summed E-state index contributed by atoms with van der Waals surface area (Å²) in [6.45, 7) is 0.579. The summed E-state index contributed by atoms with van der Waals surface area (Å²) in [5, 5.41) is 14.9. The summed E-state index contributed by atoms with van der Waals surface area (Å²) < 4.78 is 11.2. The van der Waals surface area contributed by atoms with Crippen LogP contribution in [-0.2, 0) is 19.1 Å². The fourth-order valence-corrected chi connectivity index (χ4v) is 5.56. The Morgan fingerprint density at radius 3 is 2.14 bits per heavy atom. The van der Waals surface area contributed by atoms with Crippen LogP contribution in [0.4, 0.5) is 4.79 Å². The summed E-state index contributed by atoms with van der Waals surface area (Å²) in [5.41, 5.74) is 4.60. The number of hydrogen-bond donors (Lipinski definition) is 3. The molecule has 1 aliphatic heterocycles. The number of fused-ring (bicyclic) bond motifs is 3. The molecule has 3 aliphatic rings. The highest BCUT2D eigenvalue weighted by Crippen LogP contribution is 2.44. The van der Waals surface area contributed by atoms with Crippen LogP contribution in [0.2, 0.25) is 0 Å². The number of carbonyl (C=O) groups is 3. The average molecular weight is 479 g/mol. The third-order valence-corrected chi connectivity index (χ3v) is 7.42. The van der Waals surface area contributed by atoms with Gasteiger partial charge >= 0.3 is 12.1 Å². The second-order valence-electron chi connectivity index (χ2n) is 9.55. The van der Waals surface area contributed by atoms with Crippen LogP contribution in [0.25, 0.3) is 11.1 Å². The minimum atomic E-state index is -0.785. The molecule has 3 N–H and O–H groups in total. The Balaban J connectivity index is 1.15. The minimum absolute atomic E-state index is 0.0343. The number of hydrogen-bond acceptors (Lipinski definition) is 5. The van der Waals surface area contributed by atoms with E-state index in [-0.39, 0.29) is 30.4 Å². The van der Waals surface area contributed by atoms with Gasteiger partial charge in [0.2, 0.25) is 0 Å². The molecule has 2 aliphatic carbocycles. The first-order chi connectivity index (χ1) is 17.0. The number of nitrogens with one attached hydrogen (secondary N) is 2. The molecule has 1 heterocycles. The number of alkyl carbamates (subject to hydrolysis) is 1. The number of benzene rings is 2. The van der Waals surface area contributed by atoms with E-state index >= 15 is 0 Å². The molecule has 1 saturated heterocycles. The Morgan fingerprint density at radius 2 is 1.51 bits per heavy atom. The highest BCUT2D eigenvalue weighted by molar-refractivity contribution is 5.83. The molecule has 2 atom stereocenters. The second-order valence-corrected chi connectivity index (χ2v) is 9.55. The van der Waals surface area contributed by atoms with Crippen molar-refractivity contribution in [3.8, 4) is 11.1 Å². The van der Waals surface area contributed by atoms with Gasteiger partial charge in [0.1, 0.15) is 6.61 Å². The first-order valence-electron chi connectivity index (χ1n) is 12.3. The fourth-order valence-electron chi connectivity index (χ4n) is 5.56. The summed E-state index contributed by atoms with van der Waals surface area (Å²) in [7, 11) is 0. The molecule has 184 valence electrons. The first kappa shape index (κ1) is 23.4. The molecule has 35 heavy (non-hydrogen) atoms. The van der Waals surface area contributed by atoms with Gasteiger partial charge in [0.25, 0.3) is 5.91 Å². The highest BCUT2D eigenvalue weighted by Gasteiger charge is 2.38. The molecule has 8 heteroatoms. The monoisotopic (exact) mass is 478 g/mol. The molecular formula is C27H30N2O6. The standard InChI is InChI=1S/C27H30N2O6/c30-25(28-17-11-9-16(10-12-17)26(31)32)24-23(13-14-34-24)29-27(33)35-15-22-20-7-3-1-5-18(20)19-6-2-4-8-21(19)22/h1-8,16-17,22-24H,9-15H2,(H,28,30)(H,29,33)(H,31,32)/t16?,17?,23-,24+/m0/s1. The lowest BCUT2D eigenvalue weighted by Crippen LogP contribution is -2.51. The van der Waals surface area contributed by atoms with Crippen LogP contribution in [0.1, 0.15) is 49.1 Å². The molecule has 2 aromatic rings. The van der Waals surface area contributed by atoms with Crippen molar-refractivity contribution in [3.05, 3.63) is 59.7 Å². The summed E-state index contributed by atoms with van der Waals surface area (Å²) >= 11 is 0. The lowest BCUT2D eigenvalue weighted by molar-refractivity contribution is -0.142. The minimum Gasteiger partial charge on any atom is -0.481 e. The molecule has 2 fully saturated rings. The van der Waals surface area contributed by atoms with Crippen molar-refractivity contribution in [2.75, 3.05) is 13.2 Å². The molecule has 1 saturated carbocycles. The quantitative estimate of drug-likeness (QED) is 0.586. The molecular weight excluding hydrogens is 448 g/mol. The Hall–Kier alpha value is -3.39. The molecule has 2 aromatic carbocycles. The predicted octanol–water partition coefficient (Wildman–Crippen LogP) is 3.44. The van der Waals surface area contributed by atoms with E-state index in [4.69, 9.17) is 14.6 Å². The Labute approximate surface area is 204 Å². The van der Waals surface area contributed by atoms with Crippen molar-refractivity contribution in [3.63, 3.8) is 0 Å². The summed E-state index contributed by atoms with van der Waals surface area (Å²) in [4.78, 5) is 36.6. The van der Waals surface area contributed by atoms with Gasteiger partial charge < -0.3 is 25.2 Å². The number of carbonyl (C=O) groups excluding carboxylic acids is 2. The molecule has 0 radical (unpaired) electrons. The van der Waals surface area contributed by atoms with E-state index in [0.29, 0.717) is 38.7 Å². The van der Waals surface area contributed by atoms with E-state index in [1.54, 1.807) is 0 Å². The first-order valence-corrected chi connectivity index (χ1v) is 12.3. The molecule has 0 bridgehead atoms. The van der Waals surface area contributed by atoms with Crippen molar-refractivity contribution in [2.24, 2.45) is 5.92 Å². The lowest BCUT2D eigenvalue weighted by atomic mass is 9.86. The van der Waals surface area contributed by atoms with E-state index in [1.165, 1.54) is 0 Å². The number of ether oxygens (including phenoxy) is 2. The number of amides is 2. The number of carboxylic acids is 1. The topological polar surface area (TPSA) is 114 Å². The maximum absolute atomic E-state index is 12.8. The van der Waals surface area contributed by atoms with Gasteiger partial charge in [-0.2, -0.15) is 0 Å². The Morgan fingerprint density at radius 1 is 0.886 bits per heavy atom. The largest absolute Gasteiger partial charge is 0.481 e. The van der Waals surface area contributed by atoms with Gasteiger partial charge in [0, 0.05) is 18.6 Å². The van der Waals surface area contributed by atoms with Crippen molar-refractivity contribution in [1.29, 1.82) is 0 Å². The normalized spacial score (nSPS) is 25.4. The van der Waals surface area contributed by atoms with Crippen molar-refractivity contribution in [1.82, 2.24) is 10.6 Å². The van der Waals surface area contributed by atoms with Gasteiger partial charge in [-0.05, 0) is 54.4 Å². The SMILES string of the molecule is O=C(N[C@H]1CCO[C@H]1C(=O)NC1CCC(C(=O)O)CC1)OCC1c2ccccc2-c2ccccc21. The van der Waals surface area contributed by atoms with E-state index < -0.39 is 24.2 Å². The maximum Gasteiger partial charge on any atom is 0.407 e. The van der Waals surface area contributed by atoms with Crippen LogP contribution < -0.4 is 10.6 Å². The van der Waals surface area contributed by atoms with Gasteiger partial charge in [-0.15, -0.1) is 0 Å². The Kier molecular flexibility index (Phi) is 6.72. The fraction of sp³-hybridized carbons (Fsp3) is 0.444. The van der Waals surface area contributed by atoms with Crippen molar-refractivity contribution in [2.45, 2.75) is 56.2 Å². The molecule has 0 unspecified atom stereocenters. The smallest absolute Gasteiger partial charge is 0.407 e. The van der Waals surface area contributed by atoms with Gasteiger partial charge in [0.05, 0.1) is 12.0 Å². The van der Waals surface area contributed by atoms with E-state index in [9.17, 15) is 14.4 Å². The molecule has 8 nitrogen and oxygen atoms in total. The van der Waals surface area contributed by atoms with Gasteiger partial charge in [-0.1, -0.05) is 48.5 Å². The van der Waals surface area contributed by atoms with Gasteiger partial charge in [-0.25, -0.2) is 4.79 Å². The zero-order valence-corrected chi connectivity index (χ0v) is 19.4. The van der Waals surface area contributed by atoms with Crippen LogP contribution >= 0.6 is 0 Å². The lowest BCUT2D eigenvalue weighted by Gasteiger charge is -2.28. The van der Waals surface area contributed by atoms with Gasteiger partial charge in [-0.3, -0.25) is 9.59 Å². The number of rotatable bonds is 6. The molecule has 5 rings (SSSR count). The van der Waals surface area contributed by atoms with Crippen molar-refractivity contribution >= 4 is 18.0 Å². The molecule has 0 spiro atoms. The average Bonchev–Trinajstić information content (AvgIpc) is 3.45. The number of carboxylic acid groups (broad SMARTS) is 1. The van der Waals surface area contributed by atoms with E-state index in [0.717, 1.165) is 22.3 Å². The summed E-state index contributed by atoms with van der Waals surface area (Å²) in [6, 6.07) is 15.8. The highest BCUT2D eigenvalue weighted by atomic mass is 16.6. The third-order valence-electron chi connectivity index (χ3n) is 7.42. The predicted molar refractivity (Wildman–Crippen MR) is 128 cm³/mol. The summed E-state index contributed by atoms with van der Waals surface area (Å²) in [5.74, 6) is -1.42. The van der Waals surface area contributed by atoms with E-state index in [2.05, 4.69) is 34.9 Å². The molecule has 2 amide bonds. The van der Waals surface area contributed by atoms with Crippen LogP contribution in [0.5, 0.6) is 0 Å². The molecule has 0 aromatic heterocycles. The van der Waals surface area contributed by atoms with Gasteiger partial charge in [0.15, 0.2) is 6.10 Å². The van der Waals surface area contributed by atoms with Crippen LogP contribution in [0.3, 0.4) is 0 Å². The Bertz CT molecular complexity index is 1060. The van der Waals surface area contributed by atoms with Crippen LogP contribution in [0, 0.1) is 5.92 Å². The van der Waals surface area contributed by atoms with Crippen LogP contribution in [0.15, 0.2) is 48.5 Å². The van der Waals surface area contributed by atoms with Crippen molar-refractivity contribution < 1.29 is 29.0 Å². The summed E-state index contributed by atoms with van der Waals surface area (Å²) in [6.07, 6.45) is 1.52. The third kappa shape index (κ3) is 4.89. The van der Waals surface area contributed by atoms with E-state index in [1.807, 2.05) is 24.3 Å². The maximum atomic E-state index is 12.8. The zero-order chi connectivity index (χ0) is 24.4. The second kappa shape index (κ2) is 10.1.